The molecule has 0 atom stereocenters. The molecule has 1 aliphatic rings. The van der Waals surface area contributed by atoms with Crippen LogP contribution in [-0.4, -0.2) is 0 Å². The second-order valence-electron chi connectivity index (χ2n) is 12.2. The smallest absolute Gasteiger partial charge is 0.00299 e. The summed E-state index contributed by atoms with van der Waals surface area (Å²) >= 11 is 0. The summed E-state index contributed by atoms with van der Waals surface area (Å²) in [5, 5.41) is 0. The molecule has 0 saturated carbocycles. The highest BCUT2D eigenvalue weighted by Gasteiger charge is 2.25. The lowest BCUT2D eigenvalue weighted by Gasteiger charge is -2.27. The fraction of sp³-hybridized carbons (Fsp3) is 0.149. The first kappa shape index (κ1) is 33.2. The van der Waals surface area contributed by atoms with E-state index < -0.39 is 0 Å². The third-order valence-corrected chi connectivity index (χ3v) is 9.37. The summed E-state index contributed by atoms with van der Waals surface area (Å²) in [6.07, 6.45) is 22.3. The van der Waals surface area contributed by atoms with Gasteiger partial charge < -0.3 is 0 Å². The highest BCUT2D eigenvalue weighted by Crippen LogP contribution is 2.46. The van der Waals surface area contributed by atoms with Gasteiger partial charge >= 0.3 is 0 Å². The van der Waals surface area contributed by atoms with Gasteiger partial charge in [-0.2, -0.15) is 0 Å². The van der Waals surface area contributed by atoms with Gasteiger partial charge in [0.1, 0.15) is 0 Å². The molecule has 4 aromatic carbocycles. The van der Waals surface area contributed by atoms with Crippen molar-refractivity contribution in [1.29, 1.82) is 0 Å². The molecule has 0 unspecified atom stereocenters. The minimum absolute atomic E-state index is 0.958. The van der Waals surface area contributed by atoms with Crippen LogP contribution in [0.3, 0.4) is 0 Å². The van der Waals surface area contributed by atoms with Crippen LogP contribution in [0.4, 0.5) is 0 Å². The molecule has 0 aromatic heterocycles. The van der Waals surface area contributed by atoms with Crippen LogP contribution >= 0.6 is 0 Å². The van der Waals surface area contributed by atoms with E-state index in [1.165, 1.54) is 66.8 Å². The van der Waals surface area contributed by atoms with Gasteiger partial charge in [-0.3, -0.25) is 0 Å². The van der Waals surface area contributed by atoms with Gasteiger partial charge in [0.2, 0.25) is 0 Å². The summed E-state index contributed by atoms with van der Waals surface area (Å²) in [6, 6.07) is 24.0. The molecule has 0 heteroatoms. The Morgan fingerprint density at radius 1 is 0.702 bits per heavy atom. The van der Waals surface area contributed by atoms with E-state index in [1.54, 1.807) is 0 Å². The zero-order valence-corrected chi connectivity index (χ0v) is 28.5. The fourth-order valence-corrected chi connectivity index (χ4v) is 6.67. The average molecular weight is 611 g/mol. The van der Waals surface area contributed by atoms with E-state index in [4.69, 9.17) is 0 Å². The second-order valence-corrected chi connectivity index (χ2v) is 12.2. The third kappa shape index (κ3) is 6.69. The van der Waals surface area contributed by atoms with E-state index >= 15 is 0 Å². The van der Waals surface area contributed by atoms with Crippen molar-refractivity contribution in [3.63, 3.8) is 0 Å². The lowest BCUT2D eigenvalue weighted by molar-refractivity contribution is 0.987. The zero-order chi connectivity index (χ0) is 33.5. The topological polar surface area (TPSA) is 0 Å². The minimum Gasteiger partial charge on any atom is -0.0984 e. The summed E-state index contributed by atoms with van der Waals surface area (Å²) in [6.45, 7) is 25.7. The van der Waals surface area contributed by atoms with E-state index in [0.29, 0.717) is 0 Å². The van der Waals surface area contributed by atoms with Crippen molar-refractivity contribution in [2.45, 2.75) is 47.0 Å². The quantitative estimate of drug-likeness (QED) is 0.148. The van der Waals surface area contributed by atoms with Crippen LogP contribution in [0.15, 0.2) is 123 Å². The van der Waals surface area contributed by atoms with E-state index in [9.17, 15) is 0 Å². The molecule has 0 amide bonds. The highest BCUT2D eigenvalue weighted by atomic mass is 14.3. The molecule has 47 heavy (non-hydrogen) atoms. The summed E-state index contributed by atoms with van der Waals surface area (Å²) in [5.74, 6) is 0. The standard InChI is InChI=1S/C47H46/c1-9-32(6)31-38(25-23-33(7)35-19-15-14-16-20-35)36-26-28-37(29-27-36)46-41(12-4)42(13-5)47(44-22-18-17-21-43(44)46)45-30-24-34(8)39(10-2)40(45)11-3/h10-17,19-21,23-31H,2-5,9,18,22H2,1,6-8H3/b32-31+,33-23+,38-25+. The Hall–Kier alpha value is -5.20. The van der Waals surface area contributed by atoms with Crippen LogP contribution in [0.5, 0.6) is 0 Å². The molecule has 0 aliphatic heterocycles. The van der Waals surface area contributed by atoms with Crippen molar-refractivity contribution in [2.75, 3.05) is 0 Å². The fourth-order valence-electron chi connectivity index (χ4n) is 6.67. The molecule has 0 saturated heterocycles. The normalized spacial score (nSPS) is 13.2. The van der Waals surface area contributed by atoms with Gasteiger partial charge in [0, 0.05) is 0 Å². The Kier molecular flexibility index (Phi) is 10.5. The number of rotatable bonds is 11. The molecule has 0 fully saturated rings. The van der Waals surface area contributed by atoms with Gasteiger partial charge in [0.25, 0.3) is 0 Å². The lowest BCUT2D eigenvalue weighted by Crippen LogP contribution is -2.07. The molecule has 4 aromatic rings. The monoisotopic (exact) mass is 610 g/mol. The lowest BCUT2D eigenvalue weighted by atomic mass is 9.77. The number of aryl methyl sites for hydroxylation is 1. The van der Waals surface area contributed by atoms with E-state index in [0.717, 1.165) is 41.5 Å². The molecule has 0 radical (unpaired) electrons. The Morgan fingerprint density at radius 2 is 1.36 bits per heavy atom. The average Bonchev–Trinajstić information content (AvgIpc) is 3.12. The number of benzene rings is 4. The van der Waals surface area contributed by atoms with Gasteiger partial charge in [0.05, 0.1) is 0 Å². The maximum absolute atomic E-state index is 4.32. The van der Waals surface area contributed by atoms with Crippen molar-refractivity contribution < 1.29 is 0 Å². The second kappa shape index (κ2) is 14.9. The van der Waals surface area contributed by atoms with Crippen LogP contribution in [0.25, 0.3) is 63.8 Å². The van der Waals surface area contributed by atoms with Crippen LogP contribution in [0.1, 0.15) is 83.7 Å². The first-order chi connectivity index (χ1) is 22.9. The summed E-state index contributed by atoms with van der Waals surface area (Å²) in [4.78, 5) is 0. The summed E-state index contributed by atoms with van der Waals surface area (Å²) in [5.41, 5.74) is 19.2. The Bertz CT molecular complexity index is 1960. The van der Waals surface area contributed by atoms with Gasteiger partial charge in [0.15, 0.2) is 0 Å². The number of allylic oxidation sites excluding steroid dienone is 7. The SMILES string of the molecule is C=Cc1c(C)ccc(-c2c(C=C)c(C=C)c(-c3ccc(C(/C=C(\C)CC)=C/C=C(\C)c4ccccc4)cc3)c3c2CCC=C3)c1C=C. The van der Waals surface area contributed by atoms with Crippen molar-refractivity contribution in [3.05, 3.63) is 173 Å². The van der Waals surface area contributed by atoms with Crippen LogP contribution in [-0.2, 0) is 6.42 Å². The molecule has 0 bridgehead atoms. The summed E-state index contributed by atoms with van der Waals surface area (Å²) < 4.78 is 0. The van der Waals surface area contributed by atoms with Crippen molar-refractivity contribution in [1.82, 2.24) is 0 Å². The Morgan fingerprint density at radius 3 is 2.00 bits per heavy atom. The van der Waals surface area contributed by atoms with Gasteiger partial charge in [-0.25, -0.2) is 0 Å². The number of hydrogen-bond donors (Lipinski definition) is 0. The third-order valence-electron chi connectivity index (χ3n) is 9.37. The molecule has 5 rings (SSSR count). The first-order valence-corrected chi connectivity index (χ1v) is 16.6. The summed E-state index contributed by atoms with van der Waals surface area (Å²) in [7, 11) is 0. The van der Waals surface area contributed by atoms with Crippen LogP contribution < -0.4 is 0 Å². The predicted molar refractivity (Wildman–Crippen MR) is 212 cm³/mol. The molecule has 0 nitrogen and oxygen atoms in total. The molecule has 0 spiro atoms. The van der Waals surface area contributed by atoms with Crippen LogP contribution in [0, 0.1) is 6.92 Å². The molecule has 1 aliphatic carbocycles. The van der Waals surface area contributed by atoms with Gasteiger partial charge in [-0.1, -0.05) is 160 Å². The molecular weight excluding hydrogens is 565 g/mol. The van der Waals surface area contributed by atoms with E-state index in [2.05, 4.69) is 151 Å². The maximum Gasteiger partial charge on any atom is -0.00299 e. The largest absolute Gasteiger partial charge is 0.0984 e. The molecular formula is C47H46. The molecule has 0 heterocycles. The molecule has 0 N–H and O–H groups in total. The predicted octanol–water partition coefficient (Wildman–Crippen LogP) is 13.7. The van der Waals surface area contributed by atoms with E-state index in [-0.39, 0.29) is 0 Å². The van der Waals surface area contributed by atoms with E-state index in [1.807, 2.05) is 24.3 Å². The first-order valence-electron chi connectivity index (χ1n) is 16.6. The van der Waals surface area contributed by atoms with Crippen molar-refractivity contribution in [3.8, 4) is 22.3 Å². The number of fused-ring (bicyclic) bond motifs is 1. The minimum atomic E-state index is 0.958. The zero-order valence-electron chi connectivity index (χ0n) is 28.5. The van der Waals surface area contributed by atoms with Gasteiger partial charge in [-0.05, 0) is 124 Å². The highest BCUT2D eigenvalue weighted by molar-refractivity contribution is 5.98. The maximum atomic E-state index is 4.32. The van der Waals surface area contributed by atoms with Crippen molar-refractivity contribution in [2.24, 2.45) is 0 Å². The Balaban J connectivity index is 1.69. The number of hydrogen-bond acceptors (Lipinski definition) is 0. The van der Waals surface area contributed by atoms with Gasteiger partial charge in [-0.15, -0.1) is 0 Å². The Labute approximate surface area is 282 Å². The van der Waals surface area contributed by atoms with Crippen molar-refractivity contribution >= 4 is 41.5 Å². The molecule has 234 valence electrons. The van der Waals surface area contributed by atoms with Crippen LogP contribution in [0.2, 0.25) is 0 Å².